The summed E-state index contributed by atoms with van der Waals surface area (Å²) in [5.41, 5.74) is 7.52. The van der Waals surface area contributed by atoms with Gasteiger partial charge in [-0.25, -0.2) is 19.1 Å². The number of rotatable bonds is 7. The largest absolute Gasteiger partial charge is 0.478 e. The van der Waals surface area contributed by atoms with E-state index in [9.17, 15) is 9.59 Å². The van der Waals surface area contributed by atoms with Gasteiger partial charge in [-0.2, -0.15) is 24.8 Å². The van der Waals surface area contributed by atoms with Crippen LogP contribution in [-0.2, 0) is 0 Å². The van der Waals surface area contributed by atoms with Crippen LogP contribution in [0.1, 0.15) is 16.1 Å². The van der Waals surface area contributed by atoms with Crippen molar-refractivity contribution in [2.75, 3.05) is 11.1 Å². The zero-order valence-corrected chi connectivity index (χ0v) is 20.1. The molecule has 0 amide bonds. The normalized spacial score (nSPS) is 11.0. The predicted molar refractivity (Wildman–Crippen MR) is 140 cm³/mol. The lowest BCUT2D eigenvalue weighted by Crippen LogP contribution is -2.19. The first-order valence-corrected chi connectivity index (χ1v) is 11.2. The molecule has 0 atom stereocenters. The number of hydrogen-bond donors (Lipinski definition) is 4. The molecule has 5 N–H and O–H groups in total. The van der Waals surface area contributed by atoms with Crippen LogP contribution in [0.2, 0.25) is 0 Å². The van der Waals surface area contributed by atoms with Crippen LogP contribution in [0.5, 0.6) is 0 Å². The minimum Gasteiger partial charge on any atom is -0.478 e. The van der Waals surface area contributed by atoms with Crippen LogP contribution >= 0.6 is 0 Å². The van der Waals surface area contributed by atoms with Crippen molar-refractivity contribution >= 4 is 40.6 Å². The molecule has 2 aromatic carbocycles. The average molecular weight is 522 g/mol. The lowest BCUT2D eigenvalue weighted by molar-refractivity contribution is 0.0697. The number of nitrogens with two attached hydrogens (primary N) is 1. The van der Waals surface area contributed by atoms with Crippen molar-refractivity contribution in [2.24, 2.45) is 10.2 Å². The van der Waals surface area contributed by atoms with E-state index < -0.39 is 11.7 Å². The first kappa shape index (κ1) is 24.5. The second-order valence-electron chi connectivity index (χ2n) is 7.95. The molecule has 0 bridgehead atoms. The Hall–Kier alpha value is -6.17. The zero-order chi connectivity index (χ0) is 27.5. The van der Waals surface area contributed by atoms with E-state index in [0.717, 1.165) is 4.68 Å². The van der Waals surface area contributed by atoms with Gasteiger partial charge in [-0.1, -0.05) is 18.2 Å². The fourth-order valence-electron chi connectivity index (χ4n) is 3.54. The fourth-order valence-corrected chi connectivity index (χ4v) is 3.54. The summed E-state index contributed by atoms with van der Waals surface area (Å²) in [7, 11) is 0. The van der Waals surface area contributed by atoms with Crippen LogP contribution in [0.4, 0.5) is 34.6 Å². The van der Waals surface area contributed by atoms with E-state index in [0.29, 0.717) is 17.1 Å². The highest BCUT2D eigenvalue weighted by atomic mass is 16.4. The third-order valence-corrected chi connectivity index (χ3v) is 5.38. The molecule has 0 aliphatic carbocycles. The number of aryl methyl sites for hydroxylation is 1. The van der Waals surface area contributed by atoms with Gasteiger partial charge in [0.15, 0.2) is 17.3 Å². The topological polar surface area (TPSA) is 199 Å². The Bertz CT molecular complexity index is 1810. The summed E-state index contributed by atoms with van der Waals surface area (Å²) in [5.74, 6) is -0.926. The number of carboxylic acid groups (broad SMARTS) is 1. The van der Waals surface area contributed by atoms with E-state index in [4.69, 9.17) is 17.4 Å². The molecule has 0 aliphatic rings. The number of anilines is 3. The van der Waals surface area contributed by atoms with Gasteiger partial charge in [0.1, 0.15) is 0 Å². The monoisotopic (exact) mass is 522 g/mol. The number of aromatic amines is 1. The molecule has 3 heterocycles. The predicted octanol–water partition coefficient (Wildman–Crippen LogP) is 3.83. The Morgan fingerprint density at radius 3 is 2.54 bits per heavy atom. The van der Waals surface area contributed by atoms with Crippen LogP contribution in [-0.4, -0.2) is 45.6 Å². The average Bonchev–Trinajstić information content (AvgIpc) is 3.47. The first-order valence-electron chi connectivity index (χ1n) is 11.2. The number of aromatic carboxylic acids is 1. The molecule has 0 saturated carbocycles. The van der Waals surface area contributed by atoms with Gasteiger partial charge in [0.05, 0.1) is 29.7 Å². The lowest BCUT2D eigenvalue weighted by atomic mass is 10.2. The van der Waals surface area contributed by atoms with Crippen LogP contribution in [0.15, 0.2) is 75.8 Å². The summed E-state index contributed by atoms with van der Waals surface area (Å²) >= 11 is 0. The molecule has 0 saturated heterocycles. The van der Waals surface area contributed by atoms with Crippen molar-refractivity contribution in [3.63, 3.8) is 0 Å². The molecular weight excluding hydrogens is 504 g/mol. The number of benzene rings is 2. The highest BCUT2D eigenvalue weighted by molar-refractivity contribution is 5.87. The molecule has 0 aliphatic heterocycles. The molecule has 15 heteroatoms. The highest BCUT2D eigenvalue weighted by Gasteiger charge is 2.19. The number of carboxylic acids is 1. The van der Waals surface area contributed by atoms with Crippen LogP contribution in [0.3, 0.4) is 0 Å². The van der Waals surface area contributed by atoms with Gasteiger partial charge in [0.25, 0.3) is 11.6 Å². The van der Waals surface area contributed by atoms with E-state index in [1.54, 1.807) is 19.1 Å². The Morgan fingerprint density at radius 1 is 1.10 bits per heavy atom. The summed E-state index contributed by atoms with van der Waals surface area (Å²) in [6.45, 7) is 9.09. The number of nitrogen functional groups attached to an aromatic ring is 1. The van der Waals surface area contributed by atoms with Crippen LogP contribution in [0.25, 0.3) is 16.5 Å². The molecule has 0 unspecified atom stereocenters. The number of hydrogen-bond acceptors (Lipinski definition) is 10. The fraction of sp³-hybridized carbons (Fsp3) is 0.0417. The van der Waals surface area contributed by atoms with Crippen molar-refractivity contribution in [3.05, 3.63) is 94.0 Å². The third-order valence-electron chi connectivity index (χ3n) is 5.38. The maximum Gasteiger partial charge on any atom is 0.351 e. The standard InChI is InChI=1S/C24H18N12O3/c1-13-18(32-33-20-17(26-2)12-27-35(20)16-10-8-14(9-11-16)21(37)38)19(25)36(34-13)23-29-22(30-24(39)31-23)28-15-6-4-3-5-7-15/h3-12H,25H2,1H3,(H,37,38)(H2,28,29,30,31,39). The number of nitrogens with one attached hydrogen (secondary N) is 2. The van der Waals surface area contributed by atoms with E-state index >= 15 is 0 Å². The molecule has 5 rings (SSSR count). The van der Waals surface area contributed by atoms with Crippen LogP contribution < -0.4 is 16.7 Å². The molecule has 0 radical (unpaired) electrons. The molecule has 39 heavy (non-hydrogen) atoms. The number of azo groups is 1. The molecule has 15 nitrogen and oxygen atoms in total. The van der Waals surface area contributed by atoms with Gasteiger partial charge < -0.3 is 16.2 Å². The van der Waals surface area contributed by atoms with Crippen LogP contribution in [0, 0.1) is 13.5 Å². The number of nitrogens with zero attached hydrogens (tertiary/aromatic N) is 9. The minimum absolute atomic E-state index is 0.00810. The van der Waals surface area contributed by atoms with Crippen molar-refractivity contribution in [3.8, 4) is 11.6 Å². The molecular formula is C24H18N12O3. The lowest BCUT2D eigenvalue weighted by Gasteiger charge is -2.07. The summed E-state index contributed by atoms with van der Waals surface area (Å²) in [4.78, 5) is 37.5. The number of H-pyrrole nitrogens is 1. The first-order chi connectivity index (χ1) is 18.8. The smallest absolute Gasteiger partial charge is 0.351 e. The van der Waals surface area contributed by atoms with Crippen molar-refractivity contribution < 1.29 is 9.90 Å². The van der Waals surface area contributed by atoms with Gasteiger partial charge in [-0.3, -0.25) is 4.98 Å². The van der Waals surface area contributed by atoms with Crippen molar-refractivity contribution in [1.82, 2.24) is 34.5 Å². The quantitative estimate of drug-likeness (QED) is 0.181. The summed E-state index contributed by atoms with van der Waals surface area (Å²) in [6, 6.07) is 15.0. The van der Waals surface area contributed by atoms with Crippen molar-refractivity contribution in [1.29, 1.82) is 0 Å². The second kappa shape index (κ2) is 10.1. The molecule has 192 valence electrons. The number of carbonyl (C=O) groups is 1. The van der Waals surface area contributed by atoms with Gasteiger partial charge in [-0.15, -0.1) is 10.2 Å². The van der Waals surface area contributed by atoms with Gasteiger partial charge in [-0.05, 0) is 43.3 Å². The third kappa shape index (κ3) is 4.93. The highest BCUT2D eigenvalue weighted by Crippen LogP contribution is 2.34. The number of aromatic nitrogens is 7. The Morgan fingerprint density at radius 2 is 1.85 bits per heavy atom. The Balaban J connectivity index is 1.49. The SMILES string of the molecule is [C-]#[N+]c1cnn(-c2ccc(C(=O)O)cc2)c1N=Nc1c(C)nn(-c2nc(Nc3ccccc3)[nH]c(=O)n2)c1N. The van der Waals surface area contributed by atoms with E-state index in [2.05, 4.69) is 45.5 Å². The van der Waals surface area contributed by atoms with Gasteiger partial charge >= 0.3 is 11.7 Å². The van der Waals surface area contributed by atoms with Crippen molar-refractivity contribution in [2.45, 2.75) is 6.92 Å². The molecule has 5 aromatic rings. The molecule has 0 fully saturated rings. The van der Waals surface area contributed by atoms with Gasteiger partial charge in [0, 0.05) is 5.69 Å². The van der Waals surface area contributed by atoms with Gasteiger partial charge in [0.2, 0.25) is 5.95 Å². The summed E-state index contributed by atoms with van der Waals surface area (Å²) in [6.07, 6.45) is 1.32. The zero-order valence-electron chi connectivity index (χ0n) is 20.1. The number of para-hydroxylation sites is 1. The molecule has 3 aromatic heterocycles. The summed E-state index contributed by atoms with van der Waals surface area (Å²) in [5, 5.41) is 29.0. The summed E-state index contributed by atoms with van der Waals surface area (Å²) < 4.78 is 2.51. The Labute approximate surface area is 219 Å². The maximum atomic E-state index is 12.2. The van der Waals surface area contributed by atoms with E-state index in [1.165, 1.54) is 35.1 Å². The minimum atomic E-state index is -1.07. The van der Waals surface area contributed by atoms with E-state index in [1.807, 2.05) is 18.2 Å². The Kier molecular flexibility index (Phi) is 6.33. The second-order valence-corrected chi connectivity index (χ2v) is 7.95. The maximum absolute atomic E-state index is 12.2. The molecule has 0 spiro atoms. The van der Waals surface area contributed by atoms with E-state index in [-0.39, 0.29) is 40.5 Å².